The van der Waals surface area contributed by atoms with Crippen molar-refractivity contribution in [3.05, 3.63) is 40.0 Å². The Morgan fingerprint density at radius 1 is 1.40 bits per heavy atom. The van der Waals surface area contributed by atoms with Crippen LogP contribution in [0.4, 0.5) is 5.82 Å². The highest BCUT2D eigenvalue weighted by Gasteiger charge is 2.20. The molecule has 0 aliphatic carbocycles. The number of aromatic nitrogens is 2. The summed E-state index contributed by atoms with van der Waals surface area (Å²) in [5.74, 6) is 0.412. The van der Waals surface area contributed by atoms with E-state index in [9.17, 15) is 4.79 Å². The Bertz CT molecular complexity index is 614. The first-order valence-corrected chi connectivity index (χ1v) is 7.51. The molecule has 2 heterocycles. The molecule has 0 unspecified atom stereocenters. The zero-order chi connectivity index (χ0) is 14.8. The summed E-state index contributed by atoms with van der Waals surface area (Å²) in [6.45, 7) is 8.29. The second kappa shape index (κ2) is 5.71. The minimum Gasteiger partial charge on any atom is -0.305 e. The Kier molecular flexibility index (Phi) is 4.18. The molecule has 0 aromatic carbocycles. The normalized spacial score (nSPS) is 11.4. The van der Waals surface area contributed by atoms with Crippen LogP contribution in [0.3, 0.4) is 0 Å². The molecule has 0 atom stereocenters. The van der Waals surface area contributed by atoms with Gasteiger partial charge in [-0.15, -0.1) is 11.3 Å². The summed E-state index contributed by atoms with van der Waals surface area (Å²) in [5.41, 5.74) is 1.43. The predicted molar refractivity (Wildman–Crippen MR) is 82.4 cm³/mol. The number of anilines is 1. The van der Waals surface area contributed by atoms with Crippen molar-refractivity contribution in [2.75, 3.05) is 5.32 Å². The summed E-state index contributed by atoms with van der Waals surface area (Å²) < 4.78 is 0. The van der Waals surface area contributed by atoms with E-state index in [1.807, 2.05) is 19.1 Å². The van der Waals surface area contributed by atoms with Crippen molar-refractivity contribution in [1.29, 1.82) is 0 Å². The van der Waals surface area contributed by atoms with Gasteiger partial charge in [-0.25, -0.2) is 9.97 Å². The molecule has 106 valence electrons. The van der Waals surface area contributed by atoms with E-state index in [0.29, 0.717) is 11.5 Å². The number of thiazole rings is 1. The average Bonchev–Trinajstić information content (AvgIpc) is 2.89. The van der Waals surface area contributed by atoms with Crippen LogP contribution in [-0.2, 0) is 11.8 Å². The van der Waals surface area contributed by atoms with E-state index >= 15 is 0 Å². The van der Waals surface area contributed by atoms with Crippen LogP contribution in [0.25, 0.3) is 0 Å². The second-order valence-corrected chi connectivity index (χ2v) is 6.46. The minimum absolute atomic E-state index is 0.0389. The smallest absolute Gasteiger partial charge is 0.276 e. The highest BCUT2D eigenvalue weighted by atomic mass is 32.1. The molecule has 0 bridgehead atoms. The largest absolute Gasteiger partial charge is 0.305 e. The molecule has 1 N–H and O–H groups in total. The fraction of sp³-hybridized carbons (Fsp3) is 0.400. The highest BCUT2D eigenvalue weighted by molar-refractivity contribution is 7.10. The van der Waals surface area contributed by atoms with Crippen molar-refractivity contribution in [1.82, 2.24) is 9.97 Å². The van der Waals surface area contributed by atoms with Gasteiger partial charge in [0, 0.05) is 17.0 Å². The molecule has 0 aliphatic rings. The van der Waals surface area contributed by atoms with Gasteiger partial charge in [-0.05, 0) is 18.1 Å². The fourth-order valence-electron chi connectivity index (χ4n) is 1.73. The van der Waals surface area contributed by atoms with Gasteiger partial charge >= 0.3 is 0 Å². The molecule has 0 radical (unpaired) electrons. The van der Waals surface area contributed by atoms with Gasteiger partial charge in [-0.3, -0.25) is 4.79 Å². The Morgan fingerprint density at radius 2 is 2.15 bits per heavy atom. The standard InChI is InChI=1S/C15H19N3OS/c1-5-10-7-6-8-16-12(10)18-13(19)11-9-20-14(17-11)15(2,3)4/h6-9H,5H2,1-4H3,(H,16,18,19). The first-order chi connectivity index (χ1) is 9.41. The number of hydrogen-bond acceptors (Lipinski definition) is 4. The van der Waals surface area contributed by atoms with E-state index in [2.05, 4.69) is 36.1 Å². The van der Waals surface area contributed by atoms with Crippen LogP contribution in [0.1, 0.15) is 48.8 Å². The number of nitrogens with one attached hydrogen (secondary N) is 1. The lowest BCUT2D eigenvalue weighted by atomic mass is 9.98. The first-order valence-electron chi connectivity index (χ1n) is 6.63. The number of carbonyl (C=O) groups excluding carboxylic acids is 1. The first kappa shape index (κ1) is 14.7. The van der Waals surface area contributed by atoms with E-state index < -0.39 is 0 Å². The molecular weight excluding hydrogens is 270 g/mol. The Morgan fingerprint density at radius 3 is 2.75 bits per heavy atom. The van der Waals surface area contributed by atoms with Crippen molar-refractivity contribution in [2.24, 2.45) is 0 Å². The molecule has 5 heteroatoms. The van der Waals surface area contributed by atoms with Gasteiger partial charge in [-0.1, -0.05) is 33.8 Å². The zero-order valence-electron chi connectivity index (χ0n) is 12.2. The molecule has 1 amide bonds. The SMILES string of the molecule is CCc1cccnc1NC(=O)c1csc(C(C)(C)C)n1. The van der Waals surface area contributed by atoms with Gasteiger partial charge in [0.05, 0.1) is 5.01 Å². The molecule has 0 aliphatic heterocycles. The number of aryl methyl sites for hydroxylation is 1. The van der Waals surface area contributed by atoms with Crippen molar-refractivity contribution >= 4 is 23.1 Å². The summed E-state index contributed by atoms with van der Waals surface area (Å²) in [6.07, 6.45) is 2.50. The van der Waals surface area contributed by atoms with Crippen molar-refractivity contribution < 1.29 is 4.79 Å². The van der Waals surface area contributed by atoms with Crippen LogP contribution in [0.2, 0.25) is 0 Å². The van der Waals surface area contributed by atoms with Gasteiger partial charge in [-0.2, -0.15) is 0 Å². The average molecular weight is 289 g/mol. The van der Waals surface area contributed by atoms with E-state index in [0.717, 1.165) is 17.0 Å². The summed E-state index contributed by atoms with van der Waals surface area (Å²) in [4.78, 5) is 20.8. The van der Waals surface area contributed by atoms with E-state index in [4.69, 9.17) is 0 Å². The van der Waals surface area contributed by atoms with Crippen molar-refractivity contribution in [3.63, 3.8) is 0 Å². The Balaban J connectivity index is 2.18. The molecule has 2 aromatic rings. The van der Waals surface area contributed by atoms with Gasteiger partial charge in [0.25, 0.3) is 5.91 Å². The van der Waals surface area contributed by atoms with E-state index in [1.54, 1.807) is 11.6 Å². The molecular formula is C15H19N3OS. The lowest BCUT2D eigenvalue weighted by Crippen LogP contribution is -2.16. The van der Waals surface area contributed by atoms with Crippen LogP contribution in [0.5, 0.6) is 0 Å². The predicted octanol–water partition coefficient (Wildman–Crippen LogP) is 3.65. The van der Waals surface area contributed by atoms with Crippen molar-refractivity contribution in [3.8, 4) is 0 Å². The van der Waals surface area contributed by atoms with Crippen LogP contribution < -0.4 is 5.32 Å². The molecule has 4 nitrogen and oxygen atoms in total. The highest BCUT2D eigenvalue weighted by Crippen LogP contribution is 2.26. The summed E-state index contributed by atoms with van der Waals surface area (Å²) in [7, 11) is 0. The number of rotatable bonds is 3. The number of pyridine rings is 1. The molecule has 0 fully saturated rings. The third-order valence-electron chi connectivity index (χ3n) is 2.88. The van der Waals surface area contributed by atoms with Crippen LogP contribution in [-0.4, -0.2) is 15.9 Å². The quantitative estimate of drug-likeness (QED) is 0.938. The molecule has 0 saturated heterocycles. The molecule has 2 rings (SSSR count). The van der Waals surface area contributed by atoms with Gasteiger partial charge in [0.2, 0.25) is 0 Å². The monoisotopic (exact) mass is 289 g/mol. The third-order valence-corrected chi connectivity index (χ3v) is 4.15. The van der Waals surface area contributed by atoms with Crippen LogP contribution in [0, 0.1) is 0 Å². The van der Waals surface area contributed by atoms with Crippen molar-refractivity contribution in [2.45, 2.75) is 39.5 Å². The number of amides is 1. The molecule has 2 aromatic heterocycles. The minimum atomic E-state index is -0.204. The lowest BCUT2D eigenvalue weighted by Gasteiger charge is -2.13. The maximum absolute atomic E-state index is 12.2. The third kappa shape index (κ3) is 3.22. The van der Waals surface area contributed by atoms with Gasteiger partial charge < -0.3 is 5.32 Å². The van der Waals surface area contributed by atoms with E-state index in [1.165, 1.54) is 11.3 Å². The maximum atomic E-state index is 12.2. The van der Waals surface area contributed by atoms with Gasteiger partial charge in [0.15, 0.2) is 0 Å². The summed E-state index contributed by atoms with van der Waals surface area (Å²) in [5, 5.41) is 5.59. The van der Waals surface area contributed by atoms with Crippen LogP contribution >= 0.6 is 11.3 Å². The topological polar surface area (TPSA) is 54.9 Å². The van der Waals surface area contributed by atoms with Crippen LogP contribution in [0.15, 0.2) is 23.7 Å². The molecule has 0 spiro atoms. The second-order valence-electron chi connectivity index (χ2n) is 5.61. The van der Waals surface area contributed by atoms with Gasteiger partial charge in [0.1, 0.15) is 11.5 Å². The Hall–Kier alpha value is -1.75. The van der Waals surface area contributed by atoms with E-state index in [-0.39, 0.29) is 11.3 Å². The number of nitrogens with zero attached hydrogens (tertiary/aromatic N) is 2. The zero-order valence-corrected chi connectivity index (χ0v) is 13.0. The lowest BCUT2D eigenvalue weighted by molar-refractivity contribution is 0.102. The number of carbonyl (C=O) groups is 1. The maximum Gasteiger partial charge on any atom is 0.276 e. The Labute approximate surface area is 123 Å². The fourth-order valence-corrected chi connectivity index (χ4v) is 2.62. The number of hydrogen-bond donors (Lipinski definition) is 1. The summed E-state index contributed by atoms with van der Waals surface area (Å²) >= 11 is 1.51. The summed E-state index contributed by atoms with van der Waals surface area (Å²) in [6, 6.07) is 3.83. The molecule has 0 saturated carbocycles. The molecule has 20 heavy (non-hydrogen) atoms.